The lowest BCUT2D eigenvalue weighted by Gasteiger charge is -2.35. The number of hydrogen-bond donors (Lipinski definition) is 0. The second-order valence-electron chi connectivity index (χ2n) is 5.06. The lowest BCUT2D eigenvalue weighted by atomic mass is 10.3. The van der Waals surface area contributed by atoms with Crippen LogP contribution in [0, 0.1) is 5.82 Å². The van der Waals surface area contributed by atoms with Gasteiger partial charge in [-0.05, 0) is 12.1 Å². The Morgan fingerprint density at radius 1 is 1.09 bits per heavy atom. The van der Waals surface area contributed by atoms with Gasteiger partial charge in [0.2, 0.25) is 5.13 Å². The predicted molar refractivity (Wildman–Crippen MR) is 84.0 cm³/mol. The van der Waals surface area contributed by atoms with E-state index in [2.05, 4.69) is 25.2 Å². The van der Waals surface area contributed by atoms with Crippen molar-refractivity contribution in [1.29, 1.82) is 0 Å². The summed E-state index contributed by atoms with van der Waals surface area (Å²) in [5.41, 5.74) is 0.683. The van der Waals surface area contributed by atoms with Crippen LogP contribution in [0.25, 0.3) is 10.7 Å². The molecule has 1 aliphatic rings. The summed E-state index contributed by atoms with van der Waals surface area (Å²) in [4.78, 5) is 8.21. The highest BCUT2D eigenvalue weighted by Crippen LogP contribution is 2.28. The fraction of sp³-hybridized carbons (Fsp3) is 0.286. The molecule has 0 N–H and O–H groups in total. The van der Waals surface area contributed by atoms with Crippen molar-refractivity contribution in [3.8, 4) is 10.7 Å². The first-order chi connectivity index (χ1) is 11.3. The summed E-state index contributed by atoms with van der Waals surface area (Å²) in [7, 11) is 0. The maximum absolute atomic E-state index is 13.8. The molecule has 9 heteroatoms. The van der Waals surface area contributed by atoms with Crippen LogP contribution >= 0.6 is 11.3 Å². The van der Waals surface area contributed by atoms with Crippen molar-refractivity contribution in [2.75, 3.05) is 36.0 Å². The molecule has 0 aromatic carbocycles. The standard InChI is InChI=1S/C14H13FN6OS/c15-10-2-1-4-16-12(10)20-5-7-21(8-6-20)14-18-17-13(23-14)11-3-9-22-19-11/h1-4,9H,5-8H2. The second-order valence-corrected chi connectivity index (χ2v) is 6.01. The van der Waals surface area contributed by atoms with Gasteiger partial charge in [-0.2, -0.15) is 0 Å². The summed E-state index contributed by atoms with van der Waals surface area (Å²) in [5.74, 6) is 0.123. The molecule has 4 heterocycles. The molecule has 0 aliphatic carbocycles. The van der Waals surface area contributed by atoms with Gasteiger partial charge in [-0.25, -0.2) is 9.37 Å². The van der Waals surface area contributed by atoms with Gasteiger partial charge in [0, 0.05) is 38.4 Å². The van der Waals surface area contributed by atoms with Crippen molar-refractivity contribution in [2.45, 2.75) is 0 Å². The van der Waals surface area contributed by atoms with E-state index in [4.69, 9.17) is 4.52 Å². The van der Waals surface area contributed by atoms with Crippen LogP contribution in [0.5, 0.6) is 0 Å². The fourth-order valence-electron chi connectivity index (χ4n) is 2.49. The molecular formula is C14H13FN6OS. The van der Waals surface area contributed by atoms with E-state index in [1.165, 1.54) is 23.7 Å². The molecule has 1 fully saturated rings. The molecule has 1 aliphatic heterocycles. The molecule has 0 unspecified atom stereocenters. The molecule has 0 amide bonds. The number of rotatable bonds is 3. The first-order valence-corrected chi connectivity index (χ1v) is 7.97. The SMILES string of the molecule is Fc1cccnc1N1CCN(c2nnc(-c3ccon3)s2)CC1. The van der Waals surface area contributed by atoms with Crippen molar-refractivity contribution in [3.05, 3.63) is 36.5 Å². The summed E-state index contributed by atoms with van der Waals surface area (Å²) in [6.45, 7) is 2.85. The van der Waals surface area contributed by atoms with Gasteiger partial charge in [0.15, 0.2) is 16.6 Å². The van der Waals surface area contributed by atoms with E-state index in [9.17, 15) is 4.39 Å². The molecule has 3 aromatic rings. The summed E-state index contributed by atoms with van der Waals surface area (Å²) in [5, 5.41) is 13.8. The third kappa shape index (κ3) is 2.74. The first kappa shape index (κ1) is 14.1. The van der Waals surface area contributed by atoms with E-state index < -0.39 is 0 Å². The maximum atomic E-state index is 13.8. The van der Waals surface area contributed by atoms with Gasteiger partial charge in [-0.15, -0.1) is 10.2 Å². The van der Waals surface area contributed by atoms with E-state index in [0.29, 0.717) is 24.6 Å². The summed E-state index contributed by atoms with van der Waals surface area (Å²) < 4.78 is 18.6. The molecule has 3 aromatic heterocycles. The fourth-order valence-corrected chi connectivity index (χ4v) is 3.35. The van der Waals surface area contributed by atoms with Crippen LogP contribution in [0.4, 0.5) is 15.3 Å². The normalized spacial score (nSPS) is 15.2. The third-order valence-corrected chi connectivity index (χ3v) is 4.67. The van der Waals surface area contributed by atoms with E-state index >= 15 is 0 Å². The molecule has 0 atom stereocenters. The molecule has 1 saturated heterocycles. The molecule has 0 bridgehead atoms. The molecule has 0 saturated carbocycles. The smallest absolute Gasteiger partial charge is 0.208 e. The van der Waals surface area contributed by atoms with Crippen LogP contribution in [-0.2, 0) is 0 Å². The topological polar surface area (TPSA) is 71.2 Å². The number of piperazine rings is 1. The lowest BCUT2D eigenvalue weighted by molar-refractivity contribution is 0.422. The Balaban J connectivity index is 1.45. The van der Waals surface area contributed by atoms with Gasteiger partial charge < -0.3 is 14.3 Å². The Hall–Kier alpha value is -2.55. The summed E-state index contributed by atoms with van der Waals surface area (Å²) in [6.07, 6.45) is 3.12. The minimum Gasteiger partial charge on any atom is -0.364 e. The van der Waals surface area contributed by atoms with Crippen LogP contribution in [-0.4, -0.2) is 46.5 Å². The van der Waals surface area contributed by atoms with Crippen LogP contribution in [0.2, 0.25) is 0 Å². The third-order valence-electron chi connectivity index (χ3n) is 3.66. The molecule has 0 radical (unpaired) electrons. The summed E-state index contributed by atoms with van der Waals surface area (Å²) in [6, 6.07) is 4.79. The predicted octanol–water partition coefficient (Wildman–Crippen LogP) is 2.05. The highest BCUT2D eigenvalue weighted by molar-refractivity contribution is 7.18. The van der Waals surface area contributed by atoms with Gasteiger partial charge in [0.1, 0.15) is 12.0 Å². The lowest BCUT2D eigenvalue weighted by Crippen LogP contribution is -2.47. The molecule has 118 valence electrons. The number of halogens is 1. The number of anilines is 2. The van der Waals surface area contributed by atoms with E-state index in [-0.39, 0.29) is 5.82 Å². The average Bonchev–Trinajstić information content (AvgIpc) is 3.27. The first-order valence-electron chi connectivity index (χ1n) is 7.16. The Morgan fingerprint density at radius 3 is 2.65 bits per heavy atom. The zero-order valence-electron chi connectivity index (χ0n) is 12.1. The molecule has 4 rings (SSSR count). The van der Waals surface area contributed by atoms with Crippen molar-refractivity contribution >= 4 is 22.3 Å². The van der Waals surface area contributed by atoms with Crippen LogP contribution in [0.1, 0.15) is 0 Å². The monoisotopic (exact) mass is 332 g/mol. The van der Waals surface area contributed by atoms with Gasteiger partial charge in [0.25, 0.3) is 0 Å². The molecular weight excluding hydrogens is 319 g/mol. The number of aromatic nitrogens is 4. The molecule has 0 spiro atoms. The van der Waals surface area contributed by atoms with Crippen molar-refractivity contribution in [1.82, 2.24) is 20.3 Å². The Morgan fingerprint density at radius 2 is 1.91 bits per heavy atom. The zero-order valence-corrected chi connectivity index (χ0v) is 12.9. The van der Waals surface area contributed by atoms with Crippen LogP contribution < -0.4 is 9.80 Å². The quantitative estimate of drug-likeness (QED) is 0.727. The highest BCUT2D eigenvalue weighted by atomic mass is 32.1. The van der Waals surface area contributed by atoms with Gasteiger partial charge in [0.05, 0.1) is 0 Å². The zero-order chi connectivity index (χ0) is 15.6. The van der Waals surface area contributed by atoms with Crippen molar-refractivity contribution < 1.29 is 8.91 Å². The average molecular weight is 332 g/mol. The highest BCUT2D eigenvalue weighted by Gasteiger charge is 2.23. The Labute approximate surface area is 135 Å². The molecule has 7 nitrogen and oxygen atoms in total. The van der Waals surface area contributed by atoms with Crippen molar-refractivity contribution in [3.63, 3.8) is 0 Å². The van der Waals surface area contributed by atoms with Crippen molar-refractivity contribution in [2.24, 2.45) is 0 Å². The second kappa shape index (κ2) is 5.92. The Kier molecular flexibility index (Phi) is 3.62. The van der Waals surface area contributed by atoms with E-state index in [1.807, 2.05) is 4.90 Å². The van der Waals surface area contributed by atoms with E-state index in [0.717, 1.165) is 23.2 Å². The van der Waals surface area contributed by atoms with Crippen LogP contribution in [0.3, 0.4) is 0 Å². The van der Waals surface area contributed by atoms with Gasteiger partial charge >= 0.3 is 0 Å². The number of hydrogen-bond acceptors (Lipinski definition) is 8. The number of nitrogens with zero attached hydrogens (tertiary/aromatic N) is 6. The van der Waals surface area contributed by atoms with Crippen LogP contribution in [0.15, 0.2) is 35.2 Å². The minimum absolute atomic E-state index is 0.287. The minimum atomic E-state index is -0.287. The largest absolute Gasteiger partial charge is 0.364 e. The molecule has 23 heavy (non-hydrogen) atoms. The van der Waals surface area contributed by atoms with Gasteiger partial charge in [-0.1, -0.05) is 16.5 Å². The van der Waals surface area contributed by atoms with Gasteiger partial charge in [-0.3, -0.25) is 0 Å². The maximum Gasteiger partial charge on any atom is 0.208 e. The van der Waals surface area contributed by atoms with E-state index in [1.54, 1.807) is 18.3 Å². The number of pyridine rings is 1. The summed E-state index contributed by atoms with van der Waals surface area (Å²) >= 11 is 1.47. The Bertz CT molecular complexity index is 784.